The first-order valence-corrected chi connectivity index (χ1v) is 5.91. The lowest BCUT2D eigenvalue weighted by Gasteiger charge is -2.01. The zero-order valence-electron chi connectivity index (χ0n) is 10.5. The van der Waals surface area contributed by atoms with E-state index in [2.05, 4.69) is 10.0 Å². The monoisotopic (exact) mass is 251 g/mol. The molecule has 1 rings (SSSR count). The fourth-order valence-electron chi connectivity index (χ4n) is 1.65. The lowest BCUT2D eigenvalue weighted by molar-refractivity contribution is -0.119. The van der Waals surface area contributed by atoms with Crippen molar-refractivity contribution in [2.75, 3.05) is 13.7 Å². The number of hydrogen-bond donors (Lipinski definition) is 0. The number of methoxy groups -OCH3 is 1. The van der Waals surface area contributed by atoms with Crippen LogP contribution in [-0.4, -0.2) is 19.4 Å². The predicted molar refractivity (Wildman–Crippen MR) is 66.5 cm³/mol. The number of carbonyl (C=O) groups excluding carboxylic acids is 1. The van der Waals surface area contributed by atoms with Crippen molar-refractivity contribution in [3.8, 4) is 5.75 Å². The van der Waals surface area contributed by atoms with Gasteiger partial charge in [-0.3, -0.25) is 4.79 Å². The number of rotatable bonds is 9. The van der Waals surface area contributed by atoms with Gasteiger partial charge in [0.15, 0.2) is 5.75 Å². The predicted octanol–water partition coefficient (Wildman–Crippen LogP) is 3.27. The average Bonchev–Trinajstić information content (AvgIpc) is 2.82. The molecule has 1 heterocycles. The second kappa shape index (κ2) is 8.20. The molecule has 6 heteroatoms. The van der Waals surface area contributed by atoms with Crippen LogP contribution in [0, 0.1) is 0 Å². The molecule has 0 aliphatic carbocycles. The third kappa shape index (κ3) is 4.93. The van der Waals surface area contributed by atoms with Crippen LogP contribution in [0.2, 0.25) is 0 Å². The molecule has 98 valence electrons. The van der Waals surface area contributed by atoms with Gasteiger partial charge in [0.2, 0.25) is 0 Å². The van der Waals surface area contributed by atoms with E-state index in [0.29, 0.717) is 12.8 Å². The highest BCUT2D eigenvalue weighted by atomic mass is 16.5. The summed E-state index contributed by atoms with van der Waals surface area (Å²) in [6.45, 7) is 0.251. The standard InChI is InChI=1S/C12H17N3O3/c1-17-11-7-9-18-12(11)5-3-2-4-10(16)6-8-14-15-13/h7,9H,2-6,8H2,1H3. The highest BCUT2D eigenvalue weighted by molar-refractivity contribution is 5.78. The van der Waals surface area contributed by atoms with E-state index in [0.717, 1.165) is 30.8 Å². The molecule has 0 aliphatic heterocycles. The van der Waals surface area contributed by atoms with Crippen LogP contribution in [0.5, 0.6) is 5.75 Å². The smallest absolute Gasteiger partial charge is 0.160 e. The first kappa shape index (κ1) is 14.1. The molecule has 0 bridgehead atoms. The van der Waals surface area contributed by atoms with E-state index in [1.54, 1.807) is 19.4 Å². The Morgan fingerprint density at radius 3 is 3.06 bits per heavy atom. The van der Waals surface area contributed by atoms with Crippen LogP contribution in [0.25, 0.3) is 10.4 Å². The van der Waals surface area contributed by atoms with Gasteiger partial charge in [-0.2, -0.15) is 0 Å². The number of azide groups is 1. The quantitative estimate of drug-likeness (QED) is 0.292. The van der Waals surface area contributed by atoms with E-state index in [1.165, 1.54) is 0 Å². The largest absolute Gasteiger partial charge is 0.493 e. The van der Waals surface area contributed by atoms with Gasteiger partial charge in [0.05, 0.1) is 13.4 Å². The van der Waals surface area contributed by atoms with Crippen LogP contribution in [0.15, 0.2) is 21.9 Å². The Bertz CT molecular complexity index is 422. The fourth-order valence-corrected chi connectivity index (χ4v) is 1.65. The zero-order valence-corrected chi connectivity index (χ0v) is 10.5. The van der Waals surface area contributed by atoms with Crippen molar-refractivity contribution in [3.05, 3.63) is 28.5 Å². The second-order valence-corrected chi connectivity index (χ2v) is 3.86. The van der Waals surface area contributed by atoms with Gasteiger partial charge in [-0.1, -0.05) is 5.11 Å². The van der Waals surface area contributed by atoms with Crippen molar-refractivity contribution in [1.82, 2.24) is 0 Å². The number of ether oxygens (including phenoxy) is 1. The van der Waals surface area contributed by atoms with Gasteiger partial charge < -0.3 is 9.15 Å². The maximum atomic E-state index is 11.4. The fraction of sp³-hybridized carbons (Fsp3) is 0.583. The third-order valence-electron chi connectivity index (χ3n) is 2.59. The number of carbonyl (C=O) groups is 1. The molecule has 1 aromatic rings. The summed E-state index contributed by atoms with van der Waals surface area (Å²) >= 11 is 0. The Labute approximate surface area is 106 Å². The molecule has 0 N–H and O–H groups in total. The van der Waals surface area contributed by atoms with E-state index in [9.17, 15) is 4.79 Å². The van der Waals surface area contributed by atoms with Crippen LogP contribution in [0.1, 0.15) is 31.4 Å². The number of hydrogen-bond acceptors (Lipinski definition) is 4. The number of Topliss-reactive ketones (excluding diaryl/α,β-unsaturated/α-hetero) is 1. The van der Waals surface area contributed by atoms with Crippen LogP contribution in [0.4, 0.5) is 0 Å². The van der Waals surface area contributed by atoms with Crippen molar-refractivity contribution in [1.29, 1.82) is 0 Å². The average molecular weight is 251 g/mol. The van der Waals surface area contributed by atoms with Crippen molar-refractivity contribution >= 4 is 5.78 Å². The van der Waals surface area contributed by atoms with E-state index in [-0.39, 0.29) is 12.3 Å². The Morgan fingerprint density at radius 1 is 1.50 bits per heavy atom. The van der Waals surface area contributed by atoms with Crippen molar-refractivity contribution in [3.63, 3.8) is 0 Å². The molecular weight excluding hydrogens is 234 g/mol. The van der Waals surface area contributed by atoms with Gasteiger partial charge in [0.1, 0.15) is 11.5 Å². The molecule has 18 heavy (non-hydrogen) atoms. The molecule has 0 saturated heterocycles. The van der Waals surface area contributed by atoms with E-state index >= 15 is 0 Å². The van der Waals surface area contributed by atoms with Crippen molar-refractivity contribution in [2.45, 2.75) is 32.1 Å². The number of unbranched alkanes of at least 4 members (excludes halogenated alkanes) is 1. The van der Waals surface area contributed by atoms with E-state index < -0.39 is 0 Å². The Hall–Kier alpha value is -1.94. The Balaban J connectivity index is 2.15. The summed E-state index contributed by atoms with van der Waals surface area (Å²) in [7, 11) is 1.60. The topological polar surface area (TPSA) is 88.2 Å². The number of nitrogens with zero attached hydrogens (tertiary/aromatic N) is 3. The number of aryl methyl sites for hydroxylation is 1. The highest BCUT2D eigenvalue weighted by Gasteiger charge is 2.06. The molecule has 0 aliphatic rings. The summed E-state index contributed by atoms with van der Waals surface area (Å²) in [5.41, 5.74) is 8.07. The zero-order chi connectivity index (χ0) is 13.2. The summed E-state index contributed by atoms with van der Waals surface area (Å²) in [4.78, 5) is 14.0. The van der Waals surface area contributed by atoms with Gasteiger partial charge in [-0.05, 0) is 18.4 Å². The van der Waals surface area contributed by atoms with Crippen LogP contribution in [-0.2, 0) is 11.2 Å². The van der Waals surface area contributed by atoms with Gasteiger partial charge in [-0.25, -0.2) is 0 Å². The molecule has 6 nitrogen and oxygen atoms in total. The second-order valence-electron chi connectivity index (χ2n) is 3.86. The minimum atomic E-state index is 0.133. The molecule has 0 amide bonds. The van der Waals surface area contributed by atoms with Gasteiger partial charge >= 0.3 is 0 Å². The molecule has 0 radical (unpaired) electrons. The normalized spacial score (nSPS) is 9.83. The molecule has 0 fully saturated rings. The van der Waals surface area contributed by atoms with E-state index in [1.807, 2.05) is 0 Å². The van der Waals surface area contributed by atoms with E-state index in [4.69, 9.17) is 14.7 Å². The van der Waals surface area contributed by atoms with Gasteiger partial charge in [0.25, 0.3) is 0 Å². The molecule has 0 aromatic carbocycles. The van der Waals surface area contributed by atoms with Gasteiger partial charge in [-0.15, -0.1) is 0 Å². The summed E-state index contributed by atoms with van der Waals surface area (Å²) in [5, 5.41) is 3.33. The minimum absolute atomic E-state index is 0.133. The minimum Gasteiger partial charge on any atom is -0.493 e. The molecule has 0 saturated carbocycles. The Kier molecular flexibility index (Phi) is 6.43. The maximum Gasteiger partial charge on any atom is 0.160 e. The van der Waals surface area contributed by atoms with Crippen molar-refractivity contribution < 1.29 is 13.9 Å². The lowest BCUT2D eigenvalue weighted by Crippen LogP contribution is -2.00. The van der Waals surface area contributed by atoms with Crippen LogP contribution < -0.4 is 4.74 Å². The first-order chi connectivity index (χ1) is 8.77. The number of ketones is 1. The maximum absolute atomic E-state index is 11.4. The third-order valence-corrected chi connectivity index (χ3v) is 2.59. The lowest BCUT2D eigenvalue weighted by atomic mass is 10.1. The summed E-state index contributed by atoms with van der Waals surface area (Å²) in [6, 6.07) is 1.78. The van der Waals surface area contributed by atoms with Crippen LogP contribution >= 0.6 is 0 Å². The summed E-state index contributed by atoms with van der Waals surface area (Å²) < 4.78 is 10.4. The Morgan fingerprint density at radius 2 is 2.33 bits per heavy atom. The summed E-state index contributed by atoms with van der Waals surface area (Å²) in [6.07, 6.45) is 4.88. The molecule has 1 aromatic heterocycles. The van der Waals surface area contributed by atoms with Gasteiger partial charge in [0, 0.05) is 36.8 Å². The molecular formula is C12H17N3O3. The molecule has 0 unspecified atom stereocenters. The SMILES string of the molecule is COc1ccoc1CCCCC(=O)CCN=[N+]=[N-]. The number of furan rings is 1. The van der Waals surface area contributed by atoms with Crippen molar-refractivity contribution in [2.24, 2.45) is 5.11 Å². The first-order valence-electron chi connectivity index (χ1n) is 5.91. The molecule has 0 spiro atoms. The molecule has 0 atom stereocenters. The van der Waals surface area contributed by atoms with Crippen LogP contribution in [0.3, 0.4) is 0 Å². The summed E-state index contributed by atoms with van der Waals surface area (Å²) in [5.74, 6) is 1.71. The highest BCUT2D eigenvalue weighted by Crippen LogP contribution is 2.21.